The number of rotatable bonds is 2. The highest BCUT2D eigenvalue weighted by Gasteiger charge is 2.51. The van der Waals surface area contributed by atoms with E-state index in [9.17, 15) is 0 Å². The molecule has 0 N–H and O–H groups in total. The summed E-state index contributed by atoms with van der Waals surface area (Å²) in [7, 11) is -0.295. The Morgan fingerprint density at radius 1 is 1.15 bits per heavy atom. The molecule has 3 nitrogen and oxygen atoms in total. The molecular formula is C15H20BNO2S. The third kappa shape index (κ3) is 2.18. The zero-order valence-electron chi connectivity index (χ0n) is 12.7. The van der Waals surface area contributed by atoms with Crippen molar-refractivity contribution in [2.75, 3.05) is 0 Å². The number of hydrogen-bond donors (Lipinski definition) is 0. The first kappa shape index (κ1) is 14.0. The second-order valence-corrected chi connectivity index (χ2v) is 7.39. The second-order valence-electron chi connectivity index (χ2n) is 6.28. The van der Waals surface area contributed by atoms with Crippen LogP contribution in [0.3, 0.4) is 0 Å². The van der Waals surface area contributed by atoms with Crippen LogP contribution in [0.15, 0.2) is 18.2 Å². The van der Waals surface area contributed by atoms with Crippen LogP contribution in [0.5, 0.6) is 0 Å². The second kappa shape index (κ2) is 4.55. The van der Waals surface area contributed by atoms with E-state index in [2.05, 4.69) is 57.8 Å². The fourth-order valence-corrected chi connectivity index (χ4v) is 3.22. The fraction of sp³-hybridized carbons (Fsp3) is 0.533. The zero-order chi connectivity index (χ0) is 14.5. The summed E-state index contributed by atoms with van der Waals surface area (Å²) in [5.41, 5.74) is 1.54. The van der Waals surface area contributed by atoms with Gasteiger partial charge in [0.25, 0.3) is 0 Å². The Bertz CT molecular complexity index is 634. The Hall–Kier alpha value is -0.905. The fourth-order valence-electron chi connectivity index (χ4n) is 2.27. The van der Waals surface area contributed by atoms with Crippen molar-refractivity contribution in [3.63, 3.8) is 0 Å². The van der Waals surface area contributed by atoms with Crippen LogP contribution in [0.1, 0.15) is 39.6 Å². The first-order valence-corrected chi connectivity index (χ1v) is 7.89. The Labute approximate surface area is 124 Å². The average molecular weight is 289 g/mol. The van der Waals surface area contributed by atoms with Crippen LogP contribution < -0.4 is 5.46 Å². The Morgan fingerprint density at radius 2 is 1.80 bits per heavy atom. The summed E-state index contributed by atoms with van der Waals surface area (Å²) in [4.78, 5) is 4.59. The van der Waals surface area contributed by atoms with Crippen molar-refractivity contribution in [3.05, 3.63) is 23.2 Å². The van der Waals surface area contributed by atoms with Crippen molar-refractivity contribution in [2.24, 2.45) is 0 Å². The highest BCUT2D eigenvalue weighted by Crippen LogP contribution is 2.36. The van der Waals surface area contributed by atoms with E-state index >= 15 is 0 Å². The van der Waals surface area contributed by atoms with Gasteiger partial charge in [-0.2, -0.15) is 0 Å². The zero-order valence-corrected chi connectivity index (χ0v) is 13.5. The molecule has 1 aliphatic rings. The minimum atomic E-state index is -0.297. The van der Waals surface area contributed by atoms with Crippen molar-refractivity contribution in [1.82, 2.24) is 4.98 Å². The predicted octanol–water partition coefficient (Wildman–Crippen LogP) is 3.16. The number of thiazole rings is 1. The molecule has 20 heavy (non-hydrogen) atoms. The van der Waals surface area contributed by atoms with E-state index < -0.39 is 0 Å². The smallest absolute Gasteiger partial charge is 0.399 e. The van der Waals surface area contributed by atoms with Crippen molar-refractivity contribution in [1.29, 1.82) is 0 Å². The summed E-state index contributed by atoms with van der Waals surface area (Å²) in [6, 6.07) is 6.27. The standard InChI is InChI=1S/C15H20BNO2S/c1-6-13-17-11-8-7-10(9-12(11)20-13)16-18-14(2,3)15(4,5)19-16/h7-9H,6H2,1-5H3. The lowest BCUT2D eigenvalue weighted by Crippen LogP contribution is -2.41. The molecule has 1 aromatic carbocycles. The van der Waals surface area contributed by atoms with E-state index in [1.807, 2.05) is 0 Å². The minimum Gasteiger partial charge on any atom is -0.399 e. The average Bonchev–Trinajstić information content (AvgIpc) is 2.87. The van der Waals surface area contributed by atoms with Gasteiger partial charge in [0, 0.05) is 0 Å². The van der Waals surface area contributed by atoms with Crippen LogP contribution in [0.25, 0.3) is 10.2 Å². The van der Waals surface area contributed by atoms with Crippen molar-refractivity contribution in [2.45, 2.75) is 52.2 Å². The molecule has 1 fully saturated rings. The van der Waals surface area contributed by atoms with Crippen LogP contribution in [-0.2, 0) is 15.7 Å². The molecule has 0 saturated carbocycles. The quantitative estimate of drug-likeness (QED) is 0.796. The number of fused-ring (bicyclic) bond motifs is 1. The Morgan fingerprint density at radius 3 is 2.40 bits per heavy atom. The van der Waals surface area contributed by atoms with E-state index in [4.69, 9.17) is 9.31 Å². The van der Waals surface area contributed by atoms with Gasteiger partial charge in [0.1, 0.15) is 0 Å². The number of benzene rings is 1. The number of nitrogens with zero attached hydrogens (tertiary/aromatic N) is 1. The molecule has 1 saturated heterocycles. The van der Waals surface area contributed by atoms with E-state index in [-0.39, 0.29) is 18.3 Å². The number of aromatic nitrogens is 1. The van der Waals surface area contributed by atoms with Gasteiger partial charge >= 0.3 is 7.12 Å². The molecule has 0 amide bonds. The van der Waals surface area contributed by atoms with Gasteiger partial charge in [-0.3, -0.25) is 0 Å². The molecular weight excluding hydrogens is 269 g/mol. The van der Waals surface area contributed by atoms with E-state index in [1.54, 1.807) is 11.3 Å². The van der Waals surface area contributed by atoms with Crippen LogP contribution >= 0.6 is 11.3 Å². The molecule has 0 aliphatic carbocycles. The van der Waals surface area contributed by atoms with Gasteiger partial charge < -0.3 is 9.31 Å². The normalized spacial score (nSPS) is 20.8. The molecule has 0 bridgehead atoms. The molecule has 2 heterocycles. The van der Waals surface area contributed by atoms with Gasteiger partial charge in [-0.05, 0) is 51.7 Å². The number of hydrogen-bond acceptors (Lipinski definition) is 4. The topological polar surface area (TPSA) is 31.4 Å². The SMILES string of the molecule is CCc1nc2ccc(B3OC(C)(C)C(C)(C)O3)cc2s1. The first-order valence-electron chi connectivity index (χ1n) is 7.07. The van der Waals surface area contributed by atoms with E-state index in [1.165, 1.54) is 9.71 Å². The van der Waals surface area contributed by atoms with Gasteiger partial charge in [0.2, 0.25) is 0 Å². The molecule has 1 aromatic heterocycles. The molecule has 5 heteroatoms. The van der Waals surface area contributed by atoms with Gasteiger partial charge in [-0.15, -0.1) is 11.3 Å². The van der Waals surface area contributed by atoms with Crippen LogP contribution in [0.2, 0.25) is 0 Å². The molecule has 106 valence electrons. The lowest BCUT2D eigenvalue weighted by atomic mass is 9.79. The lowest BCUT2D eigenvalue weighted by molar-refractivity contribution is 0.00578. The van der Waals surface area contributed by atoms with Gasteiger partial charge in [0.05, 0.1) is 26.4 Å². The highest BCUT2D eigenvalue weighted by molar-refractivity contribution is 7.18. The first-order chi connectivity index (χ1) is 9.32. The maximum atomic E-state index is 6.09. The molecule has 3 rings (SSSR count). The van der Waals surface area contributed by atoms with Gasteiger partial charge in [-0.1, -0.05) is 13.0 Å². The summed E-state index contributed by atoms with van der Waals surface area (Å²) in [5.74, 6) is 0. The maximum Gasteiger partial charge on any atom is 0.494 e. The third-order valence-corrected chi connectivity index (χ3v) is 5.45. The van der Waals surface area contributed by atoms with Crippen LogP contribution in [0, 0.1) is 0 Å². The highest BCUT2D eigenvalue weighted by atomic mass is 32.1. The minimum absolute atomic E-state index is 0.295. The van der Waals surface area contributed by atoms with E-state index in [0.29, 0.717) is 0 Å². The molecule has 0 unspecified atom stereocenters. The summed E-state index contributed by atoms with van der Waals surface area (Å²) < 4.78 is 13.4. The number of aryl methyl sites for hydroxylation is 1. The maximum absolute atomic E-state index is 6.09. The van der Waals surface area contributed by atoms with Crippen molar-refractivity contribution in [3.8, 4) is 0 Å². The van der Waals surface area contributed by atoms with E-state index in [0.717, 1.165) is 17.4 Å². The van der Waals surface area contributed by atoms with Crippen LogP contribution in [-0.4, -0.2) is 23.3 Å². The summed E-state index contributed by atoms with van der Waals surface area (Å²) >= 11 is 1.75. The Kier molecular flexibility index (Phi) is 3.20. The summed E-state index contributed by atoms with van der Waals surface area (Å²) in [5, 5.41) is 1.17. The molecule has 0 radical (unpaired) electrons. The summed E-state index contributed by atoms with van der Waals surface area (Å²) in [6.45, 7) is 10.4. The van der Waals surface area contributed by atoms with Gasteiger partial charge in [0.15, 0.2) is 0 Å². The van der Waals surface area contributed by atoms with Gasteiger partial charge in [-0.25, -0.2) is 4.98 Å². The molecule has 0 spiro atoms. The lowest BCUT2D eigenvalue weighted by Gasteiger charge is -2.32. The third-order valence-electron chi connectivity index (χ3n) is 4.28. The monoisotopic (exact) mass is 289 g/mol. The molecule has 2 aromatic rings. The Balaban J connectivity index is 1.95. The molecule has 0 atom stereocenters. The van der Waals surface area contributed by atoms with Crippen molar-refractivity contribution < 1.29 is 9.31 Å². The largest absolute Gasteiger partial charge is 0.494 e. The van der Waals surface area contributed by atoms with Crippen LogP contribution in [0.4, 0.5) is 0 Å². The summed E-state index contributed by atoms with van der Waals surface area (Å²) in [6.07, 6.45) is 0.977. The molecule has 1 aliphatic heterocycles. The predicted molar refractivity (Wildman–Crippen MR) is 84.7 cm³/mol. The van der Waals surface area contributed by atoms with Crippen molar-refractivity contribution >= 4 is 34.1 Å².